The van der Waals surface area contributed by atoms with E-state index in [1.165, 1.54) is 148 Å². The van der Waals surface area contributed by atoms with Gasteiger partial charge < -0.3 is 33.8 Å². The van der Waals surface area contributed by atoms with Gasteiger partial charge in [-0.3, -0.25) is 37.3 Å². The highest BCUT2D eigenvalue weighted by atomic mass is 31.2. The molecular weight excluding hydrogens is 1260 g/mol. The van der Waals surface area contributed by atoms with Gasteiger partial charge in [-0.1, -0.05) is 306 Å². The second-order valence-corrected chi connectivity index (χ2v) is 28.5. The smallest absolute Gasteiger partial charge is 0.462 e. The summed E-state index contributed by atoms with van der Waals surface area (Å²) >= 11 is 0. The zero-order valence-electron chi connectivity index (χ0n) is 60.8. The van der Waals surface area contributed by atoms with Crippen LogP contribution >= 0.6 is 15.6 Å². The molecule has 0 radical (unpaired) electrons. The molecule has 19 heteroatoms. The average molecular weight is 1400 g/mol. The Labute approximate surface area is 583 Å². The van der Waals surface area contributed by atoms with Crippen molar-refractivity contribution in [3.05, 3.63) is 72.9 Å². The Hall–Kier alpha value is -3.50. The molecule has 96 heavy (non-hydrogen) atoms. The third-order valence-electron chi connectivity index (χ3n) is 16.2. The van der Waals surface area contributed by atoms with Gasteiger partial charge in [-0.2, -0.15) is 0 Å². The zero-order chi connectivity index (χ0) is 70.4. The monoisotopic (exact) mass is 1400 g/mol. The summed E-state index contributed by atoms with van der Waals surface area (Å²) in [5.41, 5.74) is 0. The van der Waals surface area contributed by atoms with E-state index in [0.717, 1.165) is 109 Å². The van der Waals surface area contributed by atoms with Crippen molar-refractivity contribution in [3.8, 4) is 0 Å². The van der Waals surface area contributed by atoms with Crippen molar-refractivity contribution in [3.63, 3.8) is 0 Å². The summed E-state index contributed by atoms with van der Waals surface area (Å²) in [5, 5.41) is 10.6. The molecule has 0 aromatic carbocycles. The number of rotatable bonds is 72. The van der Waals surface area contributed by atoms with Crippen LogP contribution in [0, 0.1) is 0 Å². The van der Waals surface area contributed by atoms with Crippen LogP contribution in [0.25, 0.3) is 0 Å². The Balaban J connectivity index is 5.38. The van der Waals surface area contributed by atoms with Gasteiger partial charge in [-0.25, -0.2) is 9.13 Å². The largest absolute Gasteiger partial charge is 0.472 e. The number of hydrogen-bond donors (Lipinski definition) is 3. The number of aliphatic hydroxyl groups is 1. The van der Waals surface area contributed by atoms with Crippen molar-refractivity contribution >= 4 is 39.5 Å². The lowest BCUT2D eigenvalue weighted by molar-refractivity contribution is -0.161. The van der Waals surface area contributed by atoms with Crippen LogP contribution in [0.15, 0.2) is 72.9 Å². The molecule has 0 fully saturated rings. The molecule has 5 atom stereocenters. The summed E-state index contributed by atoms with van der Waals surface area (Å²) in [4.78, 5) is 72.7. The number of unbranched alkanes of at least 4 members (excludes halogenated alkanes) is 35. The normalized spacial score (nSPS) is 14.4. The highest BCUT2D eigenvalue weighted by Crippen LogP contribution is 2.45. The molecule has 0 aromatic rings. The number of carbonyl (C=O) groups is 4. The predicted molar refractivity (Wildman–Crippen MR) is 390 cm³/mol. The number of hydrogen-bond acceptors (Lipinski definition) is 15. The highest BCUT2D eigenvalue weighted by Gasteiger charge is 2.30. The molecule has 0 heterocycles. The molecule has 3 N–H and O–H groups in total. The first-order valence-electron chi connectivity index (χ1n) is 38.2. The van der Waals surface area contributed by atoms with Gasteiger partial charge in [0.15, 0.2) is 12.2 Å². The average Bonchev–Trinajstić information content (AvgIpc) is 1.36. The maximum absolute atomic E-state index is 13.1. The summed E-state index contributed by atoms with van der Waals surface area (Å²) in [6, 6.07) is 0. The van der Waals surface area contributed by atoms with Crippen LogP contribution in [0.3, 0.4) is 0 Å². The zero-order valence-corrected chi connectivity index (χ0v) is 62.6. The van der Waals surface area contributed by atoms with E-state index in [1.807, 2.05) is 18.2 Å². The van der Waals surface area contributed by atoms with Gasteiger partial charge in [-0.05, 0) is 77.0 Å². The molecule has 0 saturated carbocycles. The van der Waals surface area contributed by atoms with Crippen molar-refractivity contribution in [1.82, 2.24) is 0 Å². The molecule has 0 amide bonds. The van der Waals surface area contributed by atoms with E-state index >= 15 is 0 Å². The fourth-order valence-electron chi connectivity index (χ4n) is 10.4. The Bertz CT molecular complexity index is 2110. The van der Waals surface area contributed by atoms with Crippen LogP contribution in [0.4, 0.5) is 0 Å². The first-order valence-corrected chi connectivity index (χ1v) is 41.2. The van der Waals surface area contributed by atoms with E-state index in [4.69, 9.17) is 37.0 Å². The molecule has 0 aliphatic carbocycles. The van der Waals surface area contributed by atoms with Gasteiger partial charge in [0.05, 0.1) is 32.8 Å². The fraction of sp³-hybridized carbons (Fsp3) is 0.792. The number of ether oxygens (including phenoxy) is 4. The number of carbonyl (C=O) groups excluding carboxylic acids is 4. The number of esters is 4. The van der Waals surface area contributed by atoms with E-state index in [0.29, 0.717) is 25.7 Å². The minimum atomic E-state index is -4.99. The lowest BCUT2D eigenvalue weighted by Crippen LogP contribution is -2.30. The van der Waals surface area contributed by atoms with Gasteiger partial charge in [0.2, 0.25) is 0 Å². The summed E-state index contributed by atoms with van der Waals surface area (Å²) in [6.07, 6.45) is 69.2. The second kappa shape index (κ2) is 70.0. The molecule has 0 saturated heterocycles. The van der Waals surface area contributed by atoms with Crippen LogP contribution in [0.1, 0.15) is 336 Å². The van der Waals surface area contributed by atoms with Gasteiger partial charge in [0.25, 0.3) is 0 Å². The minimum absolute atomic E-state index is 0.0684. The number of phosphoric acid groups is 2. The number of aliphatic hydroxyl groups excluding tert-OH is 1. The summed E-state index contributed by atoms with van der Waals surface area (Å²) < 4.78 is 68.3. The molecule has 0 bridgehead atoms. The van der Waals surface area contributed by atoms with Gasteiger partial charge in [-0.15, -0.1) is 0 Å². The lowest BCUT2D eigenvalue weighted by Gasteiger charge is -2.21. The van der Waals surface area contributed by atoms with Gasteiger partial charge >= 0.3 is 39.5 Å². The summed E-state index contributed by atoms with van der Waals surface area (Å²) in [7, 11) is -9.96. The minimum Gasteiger partial charge on any atom is -0.462 e. The molecule has 0 aromatic heterocycles. The molecule has 0 rings (SSSR count). The van der Waals surface area contributed by atoms with E-state index < -0.39 is 97.5 Å². The molecular formula is C77H138O17P2. The Kier molecular flexibility index (Phi) is 67.4. The maximum atomic E-state index is 13.1. The summed E-state index contributed by atoms with van der Waals surface area (Å²) in [6.45, 7) is 4.68. The molecule has 0 aliphatic rings. The first-order chi connectivity index (χ1) is 46.7. The third kappa shape index (κ3) is 69.0. The van der Waals surface area contributed by atoms with E-state index in [1.54, 1.807) is 6.08 Å². The maximum Gasteiger partial charge on any atom is 0.472 e. The summed E-state index contributed by atoms with van der Waals surface area (Å²) in [5.74, 6) is -2.30. The number of allylic oxidation sites excluding steroid dienone is 11. The highest BCUT2D eigenvalue weighted by molar-refractivity contribution is 7.47. The van der Waals surface area contributed by atoms with Crippen LogP contribution in [0.2, 0.25) is 0 Å². The SMILES string of the molecule is CC/C=C\C/C=C\C/C=C\C/C=C\C/C=C\CC(=O)OCC(COP(=O)(O)OCC(O)COP(=O)(O)OCC(COC(=O)CCCCCCCCCCCCCCC)OC(=O)CCCCCCCCCCCCCCC)OC(=O)CCCCCCC/C=C\CCCCCCCC. The van der Waals surface area contributed by atoms with E-state index in [2.05, 4.69) is 76.3 Å². The van der Waals surface area contributed by atoms with Crippen LogP contribution in [0.5, 0.6) is 0 Å². The topological polar surface area (TPSA) is 237 Å². The van der Waals surface area contributed by atoms with E-state index in [9.17, 15) is 43.2 Å². The van der Waals surface area contributed by atoms with Crippen molar-refractivity contribution in [2.45, 2.75) is 354 Å². The predicted octanol–water partition coefficient (Wildman–Crippen LogP) is 21.7. The van der Waals surface area contributed by atoms with Crippen LogP contribution < -0.4 is 0 Å². The quantitative estimate of drug-likeness (QED) is 0.0169. The molecule has 5 unspecified atom stereocenters. The van der Waals surface area contributed by atoms with Crippen molar-refractivity contribution in [2.24, 2.45) is 0 Å². The van der Waals surface area contributed by atoms with Crippen molar-refractivity contribution < 1.29 is 80.2 Å². The van der Waals surface area contributed by atoms with Crippen molar-refractivity contribution in [2.75, 3.05) is 39.6 Å². The third-order valence-corrected chi connectivity index (χ3v) is 18.1. The molecule has 0 spiro atoms. The Morgan fingerprint density at radius 2 is 0.583 bits per heavy atom. The molecule has 17 nitrogen and oxygen atoms in total. The molecule has 0 aliphatic heterocycles. The molecule has 558 valence electrons. The van der Waals surface area contributed by atoms with Crippen molar-refractivity contribution in [1.29, 1.82) is 0 Å². The number of phosphoric ester groups is 2. The van der Waals surface area contributed by atoms with E-state index in [-0.39, 0.29) is 25.7 Å². The van der Waals surface area contributed by atoms with Crippen LogP contribution in [-0.4, -0.2) is 96.7 Å². The fourth-order valence-corrected chi connectivity index (χ4v) is 12.0. The first kappa shape index (κ1) is 92.5. The Morgan fingerprint density at radius 3 is 0.917 bits per heavy atom. The van der Waals surface area contributed by atoms with Crippen LogP contribution in [-0.2, 0) is 65.4 Å². The Morgan fingerprint density at radius 1 is 0.312 bits per heavy atom. The lowest BCUT2D eigenvalue weighted by atomic mass is 10.0. The van der Waals surface area contributed by atoms with Gasteiger partial charge in [0, 0.05) is 19.3 Å². The second-order valence-electron chi connectivity index (χ2n) is 25.6. The van der Waals surface area contributed by atoms with Gasteiger partial charge in [0.1, 0.15) is 19.3 Å². The standard InChI is InChI=1S/C77H138O17P2/c1-5-9-13-17-21-25-29-33-35-39-42-46-50-54-58-62-75(80)88-68-73(94-77(82)64-60-56-52-48-44-40-36-34-30-26-22-18-14-10-6-2)70-92-96(85,86)90-66-71(78)65-89-95(83,84)91-69-72(93-76(81)63-59-55-51-47-43-38-32-28-24-20-16-12-8-4)67-87-74(79)61-57-53-49-45-41-37-31-27-23-19-15-11-7-3/h9,13,21,25,33-36,42,46,54,58,71-73,78H,5-8,10-12,14-20,22-24,26-32,37-41,43-45,47-53,55-57,59-70H2,1-4H3,(H,83,84)(H,85,86)/b13-9-,25-21-,35-33-,36-34-,46-42-,58-54-.